The molecule has 1 aromatic carbocycles. The maximum absolute atomic E-state index is 13.0. The lowest BCUT2D eigenvalue weighted by molar-refractivity contribution is -0.138. The average Bonchev–Trinajstić information content (AvgIpc) is 3.42. The molecule has 2 saturated heterocycles. The highest BCUT2D eigenvalue weighted by molar-refractivity contribution is 7.80. The molecule has 1 aromatic rings. The number of nitrogens with zero attached hydrogens (tertiary/aromatic N) is 1. The molecule has 1 aliphatic carbocycles. The first-order valence-electron chi connectivity index (χ1n) is 10.2. The molecular formula is C22H26N2O3S. The second kappa shape index (κ2) is 8.21. The third-order valence-corrected chi connectivity index (χ3v) is 6.86. The van der Waals surface area contributed by atoms with Gasteiger partial charge in [0, 0.05) is 24.4 Å². The van der Waals surface area contributed by atoms with Crippen molar-refractivity contribution in [3.63, 3.8) is 0 Å². The van der Waals surface area contributed by atoms with Crippen LogP contribution in [0.3, 0.4) is 0 Å². The van der Waals surface area contributed by atoms with Gasteiger partial charge in [-0.2, -0.15) is 0 Å². The molecule has 0 aromatic heterocycles. The predicted molar refractivity (Wildman–Crippen MR) is 110 cm³/mol. The van der Waals surface area contributed by atoms with E-state index in [1.165, 1.54) is 11.1 Å². The second-order valence-corrected chi connectivity index (χ2v) is 8.75. The van der Waals surface area contributed by atoms with Gasteiger partial charge < -0.3 is 15.0 Å². The number of hydrogen-bond acceptors (Lipinski definition) is 5. The zero-order chi connectivity index (χ0) is 19.7. The van der Waals surface area contributed by atoms with Crippen molar-refractivity contribution in [1.29, 1.82) is 0 Å². The quantitative estimate of drug-likeness (QED) is 0.586. The van der Waals surface area contributed by atoms with Gasteiger partial charge in [-0.3, -0.25) is 9.59 Å². The van der Waals surface area contributed by atoms with Gasteiger partial charge in [-0.1, -0.05) is 36.5 Å². The third kappa shape index (κ3) is 3.67. The van der Waals surface area contributed by atoms with Crippen molar-refractivity contribution >= 4 is 35.1 Å². The Morgan fingerprint density at radius 1 is 1.21 bits per heavy atom. The number of thiocarbonyl (C=S) groups is 1. The number of carbonyl (C=O) groups is 3. The molecular weight excluding hydrogens is 372 g/mol. The lowest BCUT2D eigenvalue weighted by Gasteiger charge is -2.26. The zero-order valence-corrected chi connectivity index (χ0v) is 16.7. The molecule has 1 unspecified atom stereocenters. The zero-order valence-electron chi connectivity index (χ0n) is 15.9. The Hall–Kier alpha value is -1.92. The summed E-state index contributed by atoms with van der Waals surface area (Å²) < 4.78 is 0. The first-order valence-corrected chi connectivity index (χ1v) is 10.6. The molecule has 0 bridgehead atoms. The van der Waals surface area contributed by atoms with Crippen molar-refractivity contribution in [3.05, 3.63) is 35.4 Å². The summed E-state index contributed by atoms with van der Waals surface area (Å²) in [5, 5.41) is 3.13. The van der Waals surface area contributed by atoms with Gasteiger partial charge in [0.15, 0.2) is 0 Å². The number of amides is 1. The van der Waals surface area contributed by atoms with E-state index in [0.29, 0.717) is 36.7 Å². The maximum atomic E-state index is 13.0. The molecule has 2 fully saturated rings. The first-order chi connectivity index (χ1) is 13.6. The maximum Gasteiger partial charge on any atom is 0.241 e. The number of Topliss-reactive ketones (excluding diaryl/α,β-unsaturated/α-hetero) is 1. The minimum absolute atomic E-state index is 0.0613. The van der Waals surface area contributed by atoms with Crippen LogP contribution in [0.5, 0.6) is 0 Å². The Morgan fingerprint density at radius 2 is 1.93 bits per heavy atom. The van der Waals surface area contributed by atoms with Crippen LogP contribution in [0, 0.1) is 11.8 Å². The molecule has 148 valence electrons. The lowest BCUT2D eigenvalue weighted by atomic mass is 9.89. The Bertz CT molecular complexity index is 784. The molecule has 2 aliphatic heterocycles. The molecule has 0 radical (unpaired) electrons. The van der Waals surface area contributed by atoms with Crippen LogP contribution >= 0.6 is 12.2 Å². The van der Waals surface area contributed by atoms with E-state index in [-0.39, 0.29) is 17.7 Å². The molecule has 2 heterocycles. The van der Waals surface area contributed by atoms with Crippen molar-refractivity contribution < 1.29 is 14.4 Å². The summed E-state index contributed by atoms with van der Waals surface area (Å²) >= 11 is 5.43. The summed E-state index contributed by atoms with van der Waals surface area (Å²) in [6.45, 7) is 0.991. The molecule has 1 amide bonds. The van der Waals surface area contributed by atoms with Crippen LogP contribution in [0.1, 0.15) is 36.8 Å². The lowest BCUT2D eigenvalue weighted by Crippen LogP contribution is -2.50. The summed E-state index contributed by atoms with van der Waals surface area (Å²) in [5.74, 6) is -0.150. The highest BCUT2D eigenvalue weighted by Gasteiger charge is 2.44. The topological polar surface area (TPSA) is 66.5 Å². The molecule has 0 spiro atoms. The average molecular weight is 399 g/mol. The molecule has 5 nitrogen and oxygen atoms in total. The van der Waals surface area contributed by atoms with Crippen LogP contribution in [0.4, 0.5) is 0 Å². The molecule has 0 saturated carbocycles. The van der Waals surface area contributed by atoms with Gasteiger partial charge in [0.1, 0.15) is 18.1 Å². The number of benzene rings is 1. The SMILES string of the molecule is O=C[C@@H]1CCCN1C(=O)[C@H]1NCC(=S)C1C(=O)CCC1Cc2ccccc2C1. The largest absolute Gasteiger partial charge is 0.332 e. The summed E-state index contributed by atoms with van der Waals surface area (Å²) in [6, 6.07) is 7.49. The van der Waals surface area contributed by atoms with Crippen LogP contribution in [-0.4, -0.2) is 52.9 Å². The van der Waals surface area contributed by atoms with E-state index < -0.39 is 12.0 Å². The minimum atomic E-state index is -0.610. The van der Waals surface area contributed by atoms with E-state index in [4.69, 9.17) is 12.2 Å². The van der Waals surface area contributed by atoms with Crippen LogP contribution in [-0.2, 0) is 27.2 Å². The Labute approximate surface area is 170 Å². The molecule has 3 aliphatic rings. The van der Waals surface area contributed by atoms with E-state index in [2.05, 4.69) is 29.6 Å². The molecule has 4 rings (SSSR count). The fourth-order valence-corrected chi connectivity index (χ4v) is 5.31. The van der Waals surface area contributed by atoms with Gasteiger partial charge in [-0.05, 0) is 49.1 Å². The molecule has 3 atom stereocenters. The Balaban J connectivity index is 1.38. The fourth-order valence-electron chi connectivity index (χ4n) is 4.96. The minimum Gasteiger partial charge on any atom is -0.332 e. The fraction of sp³-hybridized carbons (Fsp3) is 0.545. The highest BCUT2D eigenvalue weighted by Crippen LogP contribution is 2.31. The van der Waals surface area contributed by atoms with Gasteiger partial charge in [-0.25, -0.2) is 0 Å². The van der Waals surface area contributed by atoms with Crippen LogP contribution in [0.25, 0.3) is 0 Å². The van der Waals surface area contributed by atoms with Gasteiger partial charge in [-0.15, -0.1) is 0 Å². The highest BCUT2D eigenvalue weighted by atomic mass is 32.1. The van der Waals surface area contributed by atoms with E-state index in [9.17, 15) is 14.4 Å². The van der Waals surface area contributed by atoms with Crippen LogP contribution < -0.4 is 5.32 Å². The van der Waals surface area contributed by atoms with Crippen LogP contribution in [0.2, 0.25) is 0 Å². The van der Waals surface area contributed by atoms with Gasteiger partial charge in [0.25, 0.3) is 0 Å². The standard InChI is InChI=1S/C22H26N2O3S/c25-13-17-6-3-9-24(17)22(27)21-20(19(28)12-23-21)18(26)8-7-14-10-15-4-1-2-5-16(15)11-14/h1-2,4-5,13-14,17,20-21,23H,3,6-12H2/t17-,20?,21-/m0/s1. The summed E-state index contributed by atoms with van der Waals surface area (Å²) in [7, 11) is 0. The van der Waals surface area contributed by atoms with Crippen LogP contribution in [0.15, 0.2) is 24.3 Å². The third-order valence-electron chi connectivity index (χ3n) is 6.46. The molecule has 28 heavy (non-hydrogen) atoms. The van der Waals surface area contributed by atoms with Crippen molar-refractivity contribution in [3.8, 4) is 0 Å². The summed E-state index contributed by atoms with van der Waals surface area (Å²) in [6.07, 6.45) is 5.69. The number of ketones is 1. The van der Waals surface area contributed by atoms with E-state index in [1.54, 1.807) is 4.90 Å². The second-order valence-electron chi connectivity index (χ2n) is 8.23. The smallest absolute Gasteiger partial charge is 0.241 e. The number of rotatable bonds is 6. The molecule has 6 heteroatoms. The number of hydrogen-bond donors (Lipinski definition) is 1. The monoisotopic (exact) mass is 398 g/mol. The van der Waals surface area contributed by atoms with E-state index >= 15 is 0 Å². The number of likely N-dealkylation sites (tertiary alicyclic amines) is 1. The van der Waals surface area contributed by atoms with Crippen molar-refractivity contribution in [2.24, 2.45) is 11.8 Å². The molecule has 1 N–H and O–H groups in total. The van der Waals surface area contributed by atoms with Gasteiger partial charge in [0.05, 0.1) is 12.0 Å². The number of fused-ring (bicyclic) bond motifs is 1. The number of aldehydes is 1. The van der Waals surface area contributed by atoms with Gasteiger partial charge >= 0.3 is 0 Å². The normalized spacial score (nSPS) is 27.2. The van der Waals surface area contributed by atoms with Gasteiger partial charge in [0.2, 0.25) is 5.91 Å². The van der Waals surface area contributed by atoms with Crippen molar-refractivity contribution in [1.82, 2.24) is 10.2 Å². The summed E-state index contributed by atoms with van der Waals surface area (Å²) in [5.41, 5.74) is 2.78. The Morgan fingerprint density at radius 3 is 2.61 bits per heavy atom. The van der Waals surface area contributed by atoms with Crippen molar-refractivity contribution in [2.45, 2.75) is 50.6 Å². The first kappa shape index (κ1) is 19.4. The van der Waals surface area contributed by atoms with Crippen molar-refractivity contribution in [2.75, 3.05) is 13.1 Å². The number of carbonyl (C=O) groups excluding carboxylic acids is 3. The summed E-state index contributed by atoms with van der Waals surface area (Å²) in [4.78, 5) is 39.5. The predicted octanol–water partition coefficient (Wildman–Crippen LogP) is 1.90. The Kier molecular flexibility index (Phi) is 5.69. The number of nitrogens with one attached hydrogen (secondary N) is 1. The van der Waals surface area contributed by atoms with E-state index in [1.807, 2.05) is 0 Å². The van der Waals surface area contributed by atoms with E-state index in [0.717, 1.165) is 32.0 Å².